The lowest BCUT2D eigenvalue weighted by molar-refractivity contribution is -0.138. The number of likely N-dealkylation sites (tertiary alicyclic amines) is 1. The molecule has 7 nitrogen and oxygen atoms in total. The SMILES string of the molecule is COC(=O)c1cc(Cl)ccc1NC(=O)COCC(=O)N1CCC(c2ccccc2)CC1. The van der Waals surface area contributed by atoms with Crippen LogP contribution < -0.4 is 5.32 Å². The van der Waals surface area contributed by atoms with Crippen LogP contribution in [0.2, 0.25) is 5.02 Å². The van der Waals surface area contributed by atoms with Gasteiger partial charge in [-0.2, -0.15) is 0 Å². The van der Waals surface area contributed by atoms with Crippen molar-refractivity contribution in [2.75, 3.05) is 38.7 Å². The number of anilines is 1. The zero-order valence-corrected chi connectivity index (χ0v) is 18.1. The predicted octanol–water partition coefficient (Wildman–Crippen LogP) is 3.49. The van der Waals surface area contributed by atoms with Crippen molar-refractivity contribution in [3.05, 3.63) is 64.7 Å². The summed E-state index contributed by atoms with van der Waals surface area (Å²) in [5, 5.41) is 2.93. The Morgan fingerprint density at radius 3 is 2.45 bits per heavy atom. The monoisotopic (exact) mass is 444 g/mol. The predicted molar refractivity (Wildman–Crippen MR) is 117 cm³/mol. The first-order valence-electron chi connectivity index (χ1n) is 10.1. The zero-order valence-electron chi connectivity index (χ0n) is 17.3. The number of carbonyl (C=O) groups excluding carboxylic acids is 3. The van der Waals surface area contributed by atoms with Crippen LogP contribution in [0.4, 0.5) is 5.69 Å². The standard InChI is InChI=1S/C23H25ClN2O5/c1-30-23(29)19-13-18(24)7-8-20(19)25-21(27)14-31-15-22(28)26-11-9-17(10-12-26)16-5-3-2-4-6-16/h2-8,13,17H,9-12,14-15H2,1H3,(H,25,27). The van der Waals surface area contributed by atoms with Crippen LogP contribution in [-0.2, 0) is 19.1 Å². The minimum Gasteiger partial charge on any atom is -0.465 e. The van der Waals surface area contributed by atoms with Gasteiger partial charge in [-0.3, -0.25) is 9.59 Å². The summed E-state index contributed by atoms with van der Waals surface area (Å²) >= 11 is 5.90. The molecule has 0 aliphatic carbocycles. The van der Waals surface area contributed by atoms with Crippen molar-refractivity contribution in [2.45, 2.75) is 18.8 Å². The van der Waals surface area contributed by atoms with Gasteiger partial charge in [0.05, 0.1) is 18.4 Å². The summed E-state index contributed by atoms with van der Waals surface area (Å²) in [6, 6.07) is 14.8. The third-order valence-electron chi connectivity index (χ3n) is 5.24. The number of carbonyl (C=O) groups is 3. The van der Waals surface area contributed by atoms with Gasteiger partial charge in [-0.15, -0.1) is 0 Å². The molecule has 0 atom stereocenters. The third kappa shape index (κ3) is 6.29. The number of methoxy groups -OCH3 is 1. The molecule has 1 aliphatic heterocycles. The molecule has 1 N–H and O–H groups in total. The molecule has 0 saturated carbocycles. The molecule has 2 amide bonds. The molecule has 1 fully saturated rings. The maximum Gasteiger partial charge on any atom is 0.340 e. The summed E-state index contributed by atoms with van der Waals surface area (Å²) in [6.07, 6.45) is 1.81. The van der Waals surface area contributed by atoms with E-state index in [0.717, 1.165) is 12.8 Å². The summed E-state index contributed by atoms with van der Waals surface area (Å²) in [6.45, 7) is 0.853. The van der Waals surface area contributed by atoms with Crippen LogP contribution in [0, 0.1) is 0 Å². The van der Waals surface area contributed by atoms with Crippen LogP contribution in [-0.4, -0.2) is 56.1 Å². The molecule has 164 valence electrons. The Labute approximate surface area is 186 Å². The van der Waals surface area contributed by atoms with Gasteiger partial charge < -0.3 is 19.7 Å². The first-order chi connectivity index (χ1) is 15.0. The van der Waals surface area contributed by atoms with Crippen molar-refractivity contribution in [1.82, 2.24) is 4.90 Å². The van der Waals surface area contributed by atoms with Gasteiger partial charge in [-0.05, 0) is 42.5 Å². The quantitative estimate of drug-likeness (QED) is 0.661. The van der Waals surface area contributed by atoms with Gasteiger partial charge >= 0.3 is 5.97 Å². The number of nitrogens with one attached hydrogen (secondary N) is 1. The van der Waals surface area contributed by atoms with Crippen molar-refractivity contribution in [2.24, 2.45) is 0 Å². The Morgan fingerprint density at radius 1 is 1.06 bits per heavy atom. The number of halogens is 1. The van der Waals surface area contributed by atoms with Crippen LogP contribution >= 0.6 is 11.6 Å². The fourth-order valence-corrected chi connectivity index (χ4v) is 3.77. The van der Waals surface area contributed by atoms with Crippen molar-refractivity contribution in [1.29, 1.82) is 0 Å². The highest BCUT2D eigenvalue weighted by molar-refractivity contribution is 6.31. The summed E-state index contributed by atoms with van der Waals surface area (Å²) in [7, 11) is 1.24. The van der Waals surface area contributed by atoms with Crippen LogP contribution in [0.15, 0.2) is 48.5 Å². The van der Waals surface area contributed by atoms with E-state index in [4.69, 9.17) is 21.1 Å². The number of hydrogen-bond donors (Lipinski definition) is 1. The number of benzene rings is 2. The van der Waals surface area contributed by atoms with E-state index in [1.807, 2.05) is 18.2 Å². The number of ether oxygens (including phenoxy) is 2. The molecule has 1 saturated heterocycles. The van der Waals surface area contributed by atoms with Gasteiger partial charge in [-0.25, -0.2) is 4.79 Å². The number of amides is 2. The first-order valence-corrected chi connectivity index (χ1v) is 10.4. The molecule has 1 heterocycles. The van der Waals surface area contributed by atoms with E-state index in [0.29, 0.717) is 24.0 Å². The highest BCUT2D eigenvalue weighted by Gasteiger charge is 2.24. The lowest BCUT2D eigenvalue weighted by Crippen LogP contribution is -2.40. The summed E-state index contributed by atoms with van der Waals surface area (Å²) in [4.78, 5) is 38.2. The molecule has 3 rings (SSSR count). The van der Waals surface area contributed by atoms with Gasteiger partial charge in [0.25, 0.3) is 0 Å². The van der Waals surface area contributed by atoms with Gasteiger partial charge in [0.1, 0.15) is 13.2 Å². The number of hydrogen-bond acceptors (Lipinski definition) is 5. The van der Waals surface area contributed by atoms with E-state index >= 15 is 0 Å². The number of esters is 1. The third-order valence-corrected chi connectivity index (χ3v) is 5.47. The van der Waals surface area contributed by atoms with Crippen LogP contribution in [0.3, 0.4) is 0 Å². The number of piperidine rings is 1. The highest BCUT2D eigenvalue weighted by Crippen LogP contribution is 2.27. The van der Waals surface area contributed by atoms with Crippen LogP contribution in [0.1, 0.15) is 34.7 Å². The first kappa shape index (κ1) is 22.8. The molecule has 0 spiro atoms. The lowest BCUT2D eigenvalue weighted by atomic mass is 9.89. The minimum absolute atomic E-state index is 0.138. The molecular weight excluding hydrogens is 420 g/mol. The second kappa shape index (κ2) is 10.9. The van der Waals surface area contributed by atoms with Crippen molar-refractivity contribution in [3.63, 3.8) is 0 Å². The van der Waals surface area contributed by atoms with E-state index in [9.17, 15) is 14.4 Å². The van der Waals surface area contributed by atoms with Gasteiger partial charge in [-0.1, -0.05) is 41.9 Å². The van der Waals surface area contributed by atoms with Gasteiger partial charge in [0.15, 0.2) is 0 Å². The second-order valence-electron chi connectivity index (χ2n) is 7.29. The van der Waals surface area contributed by atoms with Crippen LogP contribution in [0.5, 0.6) is 0 Å². The maximum atomic E-state index is 12.4. The van der Waals surface area contributed by atoms with E-state index in [1.165, 1.54) is 24.8 Å². The Bertz CT molecular complexity index is 927. The maximum absolute atomic E-state index is 12.4. The molecule has 0 unspecified atom stereocenters. The molecule has 2 aromatic carbocycles. The fourth-order valence-electron chi connectivity index (χ4n) is 3.60. The molecule has 1 aliphatic rings. The Morgan fingerprint density at radius 2 is 1.77 bits per heavy atom. The van der Waals surface area contributed by atoms with E-state index < -0.39 is 11.9 Å². The largest absolute Gasteiger partial charge is 0.465 e. The highest BCUT2D eigenvalue weighted by atomic mass is 35.5. The molecule has 31 heavy (non-hydrogen) atoms. The second-order valence-corrected chi connectivity index (χ2v) is 7.72. The molecule has 0 radical (unpaired) electrons. The Balaban J connectivity index is 1.43. The van der Waals surface area contributed by atoms with Crippen molar-refractivity contribution >= 4 is 35.1 Å². The smallest absolute Gasteiger partial charge is 0.340 e. The van der Waals surface area contributed by atoms with Gasteiger partial charge in [0.2, 0.25) is 11.8 Å². The average molecular weight is 445 g/mol. The van der Waals surface area contributed by atoms with Crippen molar-refractivity contribution in [3.8, 4) is 0 Å². The topological polar surface area (TPSA) is 84.9 Å². The summed E-state index contributed by atoms with van der Waals surface area (Å²) in [5.74, 6) is -0.780. The number of nitrogens with zero attached hydrogens (tertiary/aromatic N) is 1. The molecule has 8 heteroatoms. The molecule has 0 bridgehead atoms. The van der Waals surface area contributed by atoms with E-state index in [-0.39, 0.29) is 30.4 Å². The van der Waals surface area contributed by atoms with Crippen LogP contribution in [0.25, 0.3) is 0 Å². The van der Waals surface area contributed by atoms with E-state index in [1.54, 1.807) is 11.0 Å². The average Bonchev–Trinajstić information content (AvgIpc) is 2.80. The fraction of sp³-hybridized carbons (Fsp3) is 0.348. The Hall–Kier alpha value is -2.90. The van der Waals surface area contributed by atoms with Crippen molar-refractivity contribution < 1.29 is 23.9 Å². The van der Waals surface area contributed by atoms with Gasteiger partial charge in [0, 0.05) is 18.1 Å². The summed E-state index contributed by atoms with van der Waals surface area (Å²) < 4.78 is 10.00. The normalized spacial score (nSPS) is 14.2. The summed E-state index contributed by atoms with van der Waals surface area (Å²) in [5.41, 5.74) is 1.70. The van der Waals surface area contributed by atoms with E-state index in [2.05, 4.69) is 17.4 Å². The lowest BCUT2D eigenvalue weighted by Gasteiger charge is -2.32. The minimum atomic E-state index is -0.618. The molecule has 2 aromatic rings. The number of rotatable bonds is 7. The Kier molecular flexibility index (Phi) is 8.03. The molecular formula is C23H25ClN2O5. The zero-order chi connectivity index (χ0) is 22.2. The molecule has 0 aromatic heterocycles.